The summed E-state index contributed by atoms with van der Waals surface area (Å²) < 4.78 is -0.616. The third-order valence-electron chi connectivity index (χ3n) is 4.36. The number of amides is 2. The Hall–Kier alpha value is -2.26. The lowest BCUT2D eigenvalue weighted by Gasteiger charge is -2.32. The molecule has 2 amide bonds. The molecule has 5 N–H and O–H groups in total. The number of carboxylic acid groups (broad SMARTS) is 1. The number of phenolic OH excluding ortho intramolecular Hbond substituents is 1. The molecule has 2 saturated heterocycles. The van der Waals surface area contributed by atoms with Crippen LogP contribution in [0.1, 0.15) is 25.5 Å². The van der Waals surface area contributed by atoms with Crippen LogP contribution in [0.15, 0.2) is 24.3 Å². The van der Waals surface area contributed by atoms with Crippen LogP contribution < -0.4 is 16.0 Å². The highest BCUT2D eigenvalue weighted by molar-refractivity contribution is 8.01. The molecule has 0 aliphatic carbocycles. The number of phenols is 1. The number of aliphatic carboxylic acids is 1. The van der Waals surface area contributed by atoms with Crippen molar-refractivity contribution in [3.05, 3.63) is 29.8 Å². The van der Waals surface area contributed by atoms with Gasteiger partial charge in [-0.3, -0.25) is 19.7 Å². The van der Waals surface area contributed by atoms with Crippen LogP contribution in [0.25, 0.3) is 0 Å². The first-order valence-corrected chi connectivity index (χ1v) is 8.63. The van der Waals surface area contributed by atoms with Crippen LogP contribution in [0, 0.1) is 0 Å². The van der Waals surface area contributed by atoms with Crippen molar-refractivity contribution in [3.63, 3.8) is 0 Å². The second kappa shape index (κ2) is 6.23. The van der Waals surface area contributed by atoms with Gasteiger partial charge in [0.1, 0.15) is 23.9 Å². The molecule has 0 unspecified atom stereocenters. The molecule has 3 rings (SSSR count). The van der Waals surface area contributed by atoms with E-state index in [-0.39, 0.29) is 17.6 Å². The molecule has 9 heteroatoms. The standard InChI is InChI=1S/C16H19N3O5S/c1-16(2)11(15(23)24)19-14(25-16)10-13(22)17-9(12(21)18-10)7-3-5-8(20)6-4-7/h3-6,9-11,14,19-20H,1-2H3,(H,17,22)(H,18,21)(H,23,24)/t9-,10+,11+,14-/m1/s1. The van der Waals surface area contributed by atoms with Gasteiger partial charge < -0.3 is 20.8 Å². The van der Waals surface area contributed by atoms with Crippen molar-refractivity contribution >= 4 is 29.5 Å². The zero-order chi connectivity index (χ0) is 18.4. The van der Waals surface area contributed by atoms with E-state index in [4.69, 9.17) is 0 Å². The smallest absolute Gasteiger partial charge is 0.322 e. The van der Waals surface area contributed by atoms with Gasteiger partial charge in [0.25, 0.3) is 0 Å². The number of nitrogens with one attached hydrogen (secondary N) is 3. The van der Waals surface area contributed by atoms with Crippen LogP contribution in [0.3, 0.4) is 0 Å². The molecule has 2 aliphatic rings. The normalized spacial score (nSPS) is 31.3. The third-order valence-corrected chi connectivity index (χ3v) is 5.87. The molecule has 1 aromatic carbocycles. The summed E-state index contributed by atoms with van der Waals surface area (Å²) in [5.74, 6) is -1.69. The molecule has 25 heavy (non-hydrogen) atoms. The summed E-state index contributed by atoms with van der Waals surface area (Å²) in [6.45, 7) is 3.57. The molecule has 2 heterocycles. The zero-order valence-corrected chi connectivity index (χ0v) is 14.5. The van der Waals surface area contributed by atoms with Gasteiger partial charge in [0, 0.05) is 4.75 Å². The Morgan fingerprint density at radius 2 is 1.76 bits per heavy atom. The van der Waals surface area contributed by atoms with Crippen molar-refractivity contribution < 1.29 is 24.6 Å². The van der Waals surface area contributed by atoms with Gasteiger partial charge in [-0.05, 0) is 31.5 Å². The number of benzene rings is 1. The lowest BCUT2D eigenvalue weighted by atomic mass is 10.0. The topological polar surface area (TPSA) is 128 Å². The Kier molecular flexibility index (Phi) is 4.38. The molecule has 1 aromatic rings. The van der Waals surface area contributed by atoms with Crippen molar-refractivity contribution in [2.45, 2.75) is 42.1 Å². The molecule has 134 valence electrons. The lowest BCUT2D eigenvalue weighted by Crippen LogP contribution is -2.63. The van der Waals surface area contributed by atoms with Crippen LogP contribution in [-0.4, -0.2) is 50.2 Å². The number of hydrogen-bond acceptors (Lipinski definition) is 6. The molecule has 0 bridgehead atoms. The van der Waals surface area contributed by atoms with Crippen LogP contribution >= 0.6 is 11.8 Å². The summed E-state index contributed by atoms with van der Waals surface area (Å²) in [7, 11) is 0. The molecular weight excluding hydrogens is 346 g/mol. The third kappa shape index (κ3) is 3.29. The molecule has 8 nitrogen and oxygen atoms in total. The van der Waals surface area contributed by atoms with Crippen LogP contribution in [0.5, 0.6) is 5.75 Å². The number of piperazine rings is 1. The number of hydrogen-bond donors (Lipinski definition) is 5. The average Bonchev–Trinajstić information content (AvgIpc) is 2.85. The minimum atomic E-state index is -0.996. The second-order valence-electron chi connectivity index (χ2n) is 6.60. The molecular formula is C16H19N3O5S. The van der Waals surface area contributed by atoms with Crippen molar-refractivity contribution in [1.82, 2.24) is 16.0 Å². The largest absolute Gasteiger partial charge is 0.508 e. The van der Waals surface area contributed by atoms with Crippen LogP contribution in [0.2, 0.25) is 0 Å². The fourth-order valence-corrected chi connectivity index (χ4v) is 4.53. The van der Waals surface area contributed by atoms with Gasteiger partial charge in [-0.15, -0.1) is 11.8 Å². The van der Waals surface area contributed by atoms with E-state index in [1.54, 1.807) is 26.0 Å². The van der Waals surface area contributed by atoms with Gasteiger partial charge in [-0.2, -0.15) is 0 Å². The fourth-order valence-electron chi connectivity index (χ4n) is 3.04. The maximum atomic E-state index is 12.5. The Morgan fingerprint density at radius 3 is 2.32 bits per heavy atom. The van der Waals surface area contributed by atoms with Gasteiger partial charge in [-0.1, -0.05) is 12.1 Å². The number of aromatic hydroxyl groups is 1. The molecule has 2 fully saturated rings. The maximum absolute atomic E-state index is 12.5. The van der Waals surface area contributed by atoms with Gasteiger partial charge in [-0.25, -0.2) is 0 Å². The van der Waals surface area contributed by atoms with E-state index < -0.39 is 34.2 Å². The van der Waals surface area contributed by atoms with E-state index in [1.165, 1.54) is 23.9 Å². The van der Waals surface area contributed by atoms with Crippen LogP contribution in [0.4, 0.5) is 0 Å². The second-order valence-corrected chi connectivity index (χ2v) is 8.39. The highest BCUT2D eigenvalue weighted by Gasteiger charge is 2.50. The van der Waals surface area contributed by atoms with E-state index in [9.17, 15) is 24.6 Å². The highest BCUT2D eigenvalue weighted by Crippen LogP contribution is 2.39. The highest BCUT2D eigenvalue weighted by atomic mass is 32.2. The Labute approximate surface area is 148 Å². The monoisotopic (exact) mass is 365 g/mol. The van der Waals surface area contributed by atoms with E-state index in [0.717, 1.165) is 0 Å². The summed E-state index contributed by atoms with van der Waals surface area (Å²) in [5, 5.41) is 26.4. The minimum absolute atomic E-state index is 0.0673. The van der Waals surface area contributed by atoms with Crippen molar-refractivity contribution in [2.75, 3.05) is 0 Å². The Morgan fingerprint density at radius 1 is 1.12 bits per heavy atom. The molecule has 0 spiro atoms. The van der Waals surface area contributed by atoms with E-state index >= 15 is 0 Å². The predicted octanol–water partition coefficient (Wildman–Crippen LogP) is -0.0578. The van der Waals surface area contributed by atoms with Crippen LogP contribution in [-0.2, 0) is 14.4 Å². The van der Waals surface area contributed by atoms with Gasteiger partial charge in [0.15, 0.2) is 0 Å². The first kappa shape index (κ1) is 17.6. The summed E-state index contributed by atoms with van der Waals surface area (Å²) in [6.07, 6.45) is 0. The number of carbonyl (C=O) groups is 3. The lowest BCUT2D eigenvalue weighted by molar-refractivity contribution is -0.140. The summed E-state index contributed by atoms with van der Waals surface area (Å²) in [6, 6.07) is 3.47. The van der Waals surface area contributed by atoms with E-state index in [2.05, 4.69) is 16.0 Å². The van der Waals surface area contributed by atoms with Crippen molar-refractivity contribution in [2.24, 2.45) is 0 Å². The van der Waals surface area contributed by atoms with Gasteiger partial charge in [0.2, 0.25) is 11.8 Å². The predicted molar refractivity (Wildman–Crippen MR) is 90.9 cm³/mol. The van der Waals surface area contributed by atoms with E-state index in [1.807, 2.05) is 0 Å². The summed E-state index contributed by atoms with van der Waals surface area (Å²) in [4.78, 5) is 36.3. The number of rotatable bonds is 3. The maximum Gasteiger partial charge on any atom is 0.322 e. The van der Waals surface area contributed by atoms with Crippen molar-refractivity contribution in [3.8, 4) is 5.75 Å². The number of carboxylic acids is 1. The number of carbonyl (C=O) groups excluding carboxylic acids is 2. The molecule has 0 radical (unpaired) electrons. The fraction of sp³-hybridized carbons (Fsp3) is 0.438. The SMILES string of the molecule is CC1(C)S[C@H]([C@H]2NC(=O)[C@@H](c3ccc(O)cc3)NC2=O)N[C@H]1C(=O)O. The minimum Gasteiger partial charge on any atom is -0.508 e. The van der Waals surface area contributed by atoms with Gasteiger partial charge in [0.05, 0.1) is 5.37 Å². The van der Waals surface area contributed by atoms with E-state index in [0.29, 0.717) is 5.56 Å². The zero-order valence-electron chi connectivity index (χ0n) is 13.6. The first-order valence-electron chi connectivity index (χ1n) is 7.75. The first-order chi connectivity index (χ1) is 11.7. The summed E-state index contributed by atoms with van der Waals surface area (Å²) >= 11 is 1.32. The molecule has 0 saturated carbocycles. The molecule has 4 atom stereocenters. The number of thioether (sulfide) groups is 1. The molecule has 2 aliphatic heterocycles. The van der Waals surface area contributed by atoms with Gasteiger partial charge >= 0.3 is 5.97 Å². The quantitative estimate of drug-likeness (QED) is 0.508. The molecule has 0 aromatic heterocycles. The van der Waals surface area contributed by atoms with Crippen molar-refractivity contribution in [1.29, 1.82) is 0 Å². The Bertz CT molecular complexity index is 721. The Balaban J connectivity index is 1.75. The average molecular weight is 365 g/mol. The summed E-state index contributed by atoms with van der Waals surface area (Å²) in [5.41, 5.74) is 0.554.